The Morgan fingerprint density at radius 3 is 2.00 bits per heavy atom. The Bertz CT molecular complexity index is 406. The number of hydrogen-bond donors (Lipinski definition) is 2. The summed E-state index contributed by atoms with van der Waals surface area (Å²) in [4.78, 5) is 0.333. The van der Waals surface area contributed by atoms with E-state index in [1.807, 2.05) is 0 Å². The van der Waals surface area contributed by atoms with Crippen LogP contribution in [0.4, 0.5) is 0 Å². The van der Waals surface area contributed by atoms with Gasteiger partial charge in [-0.1, -0.05) is 12.1 Å². The molecule has 0 aliphatic carbocycles. The van der Waals surface area contributed by atoms with Gasteiger partial charge in [0.05, 0.1) is 4.90 Å². The summed E-state index contributed by atoms with van der Waals surface area (Å²) in [7, 11) is -5.67. The van der Waals surface area contributed by atoms with Gasteiger partial charge in [0.2, 0.25) is 0 Å². The zero-order valence-electron chi connectivity index (χ0n) is 9.46. The molecule has 0 saturated carbocycles. The van der Waals surface area contributed by atoms with Crippen molar-refractivity contribution in [2.24, 2.45) is 5.73 Å². The lowest BCUT2D eigenvalue weighted by Gasteiger charge is -1.99. The number of hydrogen-bond acceptors (Lipinski definition) is 6. The van der Waals surface area contributed by atoms with Crippen LogP contribution >= 0.6 is 0 Å². The van der Waals surface area contributed by atoms with Gasteiger partial charge in [0, 0.05) is 17.5 Å². The highest BCUT2D eigenvalue weighted by Gasteiger charge is 2.04. The molecule has 0 saturated heterocycles. The van der Waals surface area contributed by atoms with Crippen LogP contribution in [0.3, 0.4) is 0 Å². The van der Waals surface area contributed by atoms with Gasteiger partial charge in [-0.3, -0.25) is 0 Å². The van der Waals surface area contributed by atoms with E-state index in [4.69, 9.17) is 19.7 Å². The summed E-state index contributed by atoms with van der Waals surface area (Å²) in [6.07, 6.45) is 1.18. The Hall–Kier alpha value is -0.700. The molecule has 0 aliphatic rings. The van der Waals surface area contributed by atoms with Crippen LogP contribution in [0.2, 0.25) is 0 Å². The molecule has 0 amide bonds. The fourth-order valence-electron chi connectivity index (χ4n) is 0.873. The molecule has 0 radical (unpaired) electrons. The Balaban J connectivity index is 0. The fourth-order valence-corrected chi connectivity index (χ4v) is 1.50. The van der Waals surface area contributed by atoms with Crippen molar-refractivity contribution in [1.29, 1.82) is 0 Å². The minimum Gasteiger partial charge on any atom is -0.326 e. The first kappa shape index (κ1) is 15.3. The zero-order chi connectivity index (χ0) is 12.8. The van der Waals surface area contributed by atoms with Crippen LogP contribution in [0.1, 0.15) is 6.99 Å². The molecule has 0 fully saturated rings. The second-order valence-electron chi connectivity index (χ2n) is 2.82. The maximum absolute atomic E-state index is 11.0. The van der Waals surface area contributed by atoms with E-state index in [9.17, 15) is 8.42 Å². The van der Waals surface area contributed by atoms with Crippen LogP contribution in [-0.4, -0.2) is 19.3 Å². The molecule has 8 heteroatoms. The summed E-state index contributed by atoms with van der Waals surface area (Å²) in [6.45, 7) is 0.435. The summed E-state index contributed by atoms with van der Waals surface area (Å²) in [5.41, 5.74) is 6.29. The lowest BCUT2D eigenvalue weighted by Crippen LogP contribution is -2.30. The molecule has 1 rings (SSSR count). The van der Waals surface area contributed by atoms with Crippen molar-refractivity contribution >= 4 is 9.84 Å². The van der Waals surface area contributed by atoms with E-state index in [2.05, 4.69) is 0 Å². The van der Waals surface area contributed by atoms with E-state index in [1.54, 1.807) is 24.3 Å². The molecule has 3 N–H and O–H groups in total. The topological polar surface area (TPSA) is 127 Å². The quantitative estimate of drug-likeness (QED) is 0.624. The second-order valence-corrected chi connectivity index (χ2v) is 5.24. The average Bonchev–Trinajstić information content (AvgIpc) is 2.16. The molecule has 0 heterocycles. The Morgan fingerprint density at radius 2 is 1.75 bits per heavy atom. The minimum absolute atomic E-state index is 0. The molecule has 0 spiro atoms. The molecule has 92 valence electrons. The Kier molecular flexibility index (Phi) is 6.49. The lowest BCUT2D eigenvalue weighted by atomic mass is 10.2. The van der Waals surface area contributed by atoms with Gasteiger partial charge in [0.15, 0.2) is 9.84 Å². The van der Waals surface area contributed by atoms with E-state index < -0.39 is 20.6 Å². The third-order valence-corrected chi connectivity index (χ3v) is 2.72. The number of rotatable bonds is 2. The maximum Gasteiger partial charge on any atom is 1.00 e. The van der Waals surface area contributed by atoms with E-state index in [1.165, 1.54) is 6.26 Å². The van der Waals surface area contributed by atoms with E-state index in [0.29, 0.717) is 11.4 Å². The summed E-state index contributed by atoms with van der Waals surface area (Å²) < 4.78 is 46.0. The molecule has 0 aromatic heterocycles. The van der Waals surface area contributed by atoms with Gasteiger partial charge in [0.25, 0.3) is 10.8 Å². The Labute approximate surface area is 98.1 Å². The highest BCUT2D eigenvalue weighted by atomic mass is 35.6. The summed E-state index contributed by atoms with van der Waals surface area (Å²) >= 11 is 0. The predicted molar refractivity (Wildman–Crippen MR) is 50.8 cm³/mol. The third kappa shape index (κ3) is 6.72. The lowest BCUT2D eigenvalue weighted by molar-refractivity contribution is -1.63. The van der Waals surface area contributed by atoms with Gasteiger partial charge in [0.1, 0.15) is 0 Å². The Morgan fingerprint density at radius 1 is 1.38 bits per heavy atom. The second kappa shape index (κ2) is 6.79. The largest absolute Gasteiger partial charge is 1.00 e. The van der Waals surface area contributed by atoms with Crippen molar-refractivity contribution in [3.63, 3.8) is 0 Å². The SMILES string of the molecule is CS(=O)(=O)c1ccc(CN)cc1.[H+].[O-][Cl+2]([O-])O. The standard InChI is InChI=1S/C8H11NO2S.ClHO3/c1-12(10,11)8-4-2-7(6-9)3-5-8;2-1(3)4/h2-5H,6,9H2,1H3;2H/p+1. The van der Waals surface area contributed by atoms with Crippen molar-refractivity contribution in [3.05, 3.63) is 29.8 Å². The summed E-state index contributed by atoms with van der Waals surface area (Å²) in [6, 6.07) is 6.57. The monoisotopic (exact) mass is 270 g/mol. The molecule has 1 aromatic rings. The molecule has 1 aromatic carbocycles. The first-order chi connectivity index (χ1) is 7.27. The number of sulfone groups is 1. The van der Waals surface area contributed by atoms with Gasteiger partial charge in [-0.05, 0) is 17.7 Å². The van der Waals surface area contributed by atoms with E-state index in [0.717, 1.165) is 5.56 Å². The van der Waals surface area contributed by atoms with Crippen molar-refractivity contribution in [3.8, 4) is 0 Å². The predicted octanol–water partition coefficient (Wildman–Crippen LogP) is -2.27. The van der Waals surface area contributed by atoms with Gasteiger partial charge < -0.3 is 15.1 Å². The van der Waals surface area contributed by atoms with Crippen LogP contribution in [0, 0.1) is 10.8 Å². The number of halogens is 1. The molecule has 0 bridgehead atoms. The summed E-state index contributed by atoms with van der Waals surface area (Å²) in [5, 5.41) is 0. The molecule has 6 nitrogen and oxygen atoms in total. The molecular weight excluding hydrogens is 258 g/mol. The van der Waals surface area contributed by atoms with E-state index >= 15 is 0 Å². The molecular formula is C8H13ClNO5S+. The van der Waals surface area contributed by atoms with E-state index in [-0.39, 0.29) is 1.43 Å². The first-order valence-electron chi connectivity index (χ1n) is 4.01. The van der Waals surface area contributed by atoms with Crippen LogP contribution < -0.4 is 15.1 Å². The van der Waals surface area contributed by atoms with Crippen molar-refractivity contribution in [2.75, 3.05) is 6.26 Å². The molecule has 16 heavy (non-hydrogen) atoms. The van der Waals surface area contributed by atoms with Crippen LogP contribution in [-0.2, 0) is 16.4 Å². The van der Waals surface area contributed by atoms with Gasteiger partial charge in [-0.25, -0.2) is 8.42 Å². The molecule has 0 aliphatic heterocycles. The molecule has 0 atom stereocenters. The summed E-state index contributed by atoms with van der Waals surface area (Å²) in [5.74, 6) is 0. The van der Waals surface area contributed by atoms with Crippen molar-refractivity contribution in [1.82, 2.24) is 0 Å². The number of nitrogens with two attached hydrogens (primary N) is 1. The third-order valence-electron chi connectivity index (χ3n) is 1.59. The van der Waals surface area contributed by atoms with Crippen molar-refractivity contribution in [2.45, 2.75) is 11.4 Å². The highest BCUT2D eigenvalue weighted by molar-refractivity contribution is 7.90. The van der Waals surface area contributed by atoms with Gasteiger partial charge >= 0.3 is 1.43 Å². The normalized spacial score (nSPS) is 10.9. The number of benzene rings is 1. The first-order valence-corrected chi connectivity index (χ1v) is 6.85. The fraction of sp³-hybridized carbons (Fsp3) is 0.250. The molecule has 0 unspecified atom stereocenters. The highest BCUT2D eigenvalue weighted by Crippen LogP contribution is 2.09. The van der Waals surface area contributed by atoms with Gasteiger partial charge in [-0.15, -0.1) is 0 Å². The smallest absolute Gasteiger partial charge is 0.326 e. The minimum atomic E-state index is -3.07. The van der Waals surface area contributed by atoms with Crippen LogP contribution in [0.5, 0.6) is 0 Å². The van der Waals surface area contributed by atoms with Gasteiger partial charge in [-0.2, -0.15) is 0 Å². The zero-order valence-corrected chi connectivity index (χ0v) is 10.0. The van der Waals surface area contributed by atoms with Crippen molar-refractivity contribution < 1.29 is 34.6 Å². The average molecular weight is 271 g/mol. The maximum atomic E-state index is 11.0. The van der Waals surface area contributed by atoms with Crippen LogP contribution in [0.25, 0.3) is 0 Å². The van der Waals surface area contributed by atoms with Crippen LogP contribution in [0.15, 0.2) is 29.2 Å².